The Morgan fingerprint density at radius 2 is 1.36 bits per heavy atom. The monoisotopic (exact) mass is 447 g/mol. The number of aliphatic carboxylic acids is 1. The molecule has 0 unspecified atom stereocenters. The standard InChI is InChI=1S/C27H29NO5/c1-2-32-25(27(30)31)17-21-13-15-24(16-14-21)33-20-26(29)28(18-22-9-5-3-6-10-22)19-23-11-7-4-8-12-23/h3-16,25H,2,17-20H2,1H3,(H,30,31)/t25-/m0/s1. The predicted octanol–water partition coefficient (Wildman–Crippen LogP) is 4.33. The van der Waals surface area contributed by atoms with Gasteiger partial charge in [-0.2, -0.15) is 0 Å². The Morgan fingerprint density at radius 1 is 0.818 bits per heavy atom. The van der Waals surface area contributed by atoms with Gasteiger partial charge >= 0.3 is 5.97 Å². The molecule has 0 aliphatic rings. The highest BCUT2D eigenvalue weighted by molar-refractivity contribution is 5.77. The molecule has 3 aromatic rings. The van der Waals surface area contributed by atoms with Crippen LogP contribution in [0.4, 0.5) is 0 Å². The summed E-state index contributed by atoms with van der Waals surface area (Å²) >= 11 is 0. The maximum Gasteiger partial charge on any atom is 0.333 e. The fourth-order valence-corrected chi connectivity index (χ4v) is 3.43. The molecule has 0 aliphatic heterocycles. The van der Waals surface area contributed by atoms with Crippen molar-refractivity contribution >= 4 is 11.9 Å². The molecular formula is C27H29NO5. The Morgan fingerprint density at radius 3 is 1.85 bits per heavy atom. The second-order valence-electron chi connectivity index (χ2n) is 7.64. The van der Waals surface area contributed by atoms with Crippen LogP contribution < -0.4 is 4.74 Å². The fourth-order valence-electron chi connectivity index (χ4n) is 3.43. The van der Waals surface area contributed by atoms with Gasteiger partial charge in [-0.15, -0.1) is 0 Å². The van der Waals surface area contributed by atoms with E-state index in [4.69, 9.17) is 9.47 Å². The number of rotatable bonds is 12. The van der Waals surface area contributed by atoms with Crippen molar-refractivity contribution < 1.29 is 24.2 Å². The number of hydrogen-bond acceptors (Lipinski definition) is 4. The zero-order valence-electron chi connectivity index (χ0n) is 18.7. The van der Waals surface area contributed by atoms with Gasteiger partial charge in [0.1, 0.15) is 5.75 Å². The maximum atomic E-state index is 13.0. The van der Waals surface area contributed by atoms with Crippen molar-refractivity contribution in [1.82, 2.24) is 4.90 Å². The van der Waals surface area contributed by atoms with E-state index in [-0.39, 0.29) is 18.9 Å². The molecule has 0 aromatic heterocycles. The summed E-state index contributed by atoms with van der Waals surface area (Å²) in [6.45, 7) is 3.00. The number of benzene rings is 3. The summed E-state index contributed by atoms with van der Waals surface area (Å²) < 4.78 is 11.0. The van der Waals surface area contributed by atoms with Gasteiger partial charge in [0.15, 0.2) is 12.7 Å². The van der Waals surface area contributed by atoms with E-state index < -0.39 is 12.1 Å². The topological polar surface area (TPSA) is 76.1 Å². The van der Waals surface area contributed by atoms with Crippen molar-refractivity contribution in [2.45, 2.75) is 32.5 Å². The lowest BCUT2D eigenvalue weighted by Gasteiger charge is -2.23. The van der Waals surface area contributed by atoms with E-state index in [1.165, 1.54) is 0 Å². The molecule has 1 N–H and O–H groups in total. The van der Waals surface area contributed by atoms with E-state index in [1.54, 1.807) is 36.1 Å². The summed E-state index contributed by atoms with van der Waals surface area (Å²) in [6, 6.07) is 26.8. The molecule has 1 atom stereocenters. The third kappa shape index (κ3) is 7.77. The first-order chi connectivity index (χ1) is 16.0. The molecule has 33 heavy (non-hydrogen) atoms. The number of hydrogen-bond donors (Lipinski definition) is 1. The van der Waals surface area contributed by atoms with Crippen molar-refractivity contribution in [1.29, 1.82) is 0 Å². The first-order valence-corrected chi connectivity index (χ1v) is 11.0. The van der Waals surface area contributed by atoms with Crippen molar-refractivity contribution in [3.05, 3.63) is 102 Å². The van der Waals surface area contributed by atoms with Crippen LogP contribution in [0.5, 0.6) is 5.75 Å². The van der Waals surface area contributed by atoms with E-state index in [0.717, 1.165) is 16.7 Å². The van der Waals surface area contributed by atoms with Crippen LogP contribution >= 0.6 is 0 Å². The summed E-state index contributed by atoms with van der Waals surface area (Å²) in [5.74, 6) is -0.552. The number of carbonyl (C=O) groups is 2. The predicted molar refractivity (Wildman–Crippen MR) is 126 cm³/mol. The Hall–Kier alpha value is -3.64. The van der Waals surface area contributed by atoms with Gasteiger partial charge < -0.3 is 19.5 Å². The van der Waals surface area contributed by atoms with Gasteiger partial charge in [-0.05, 0) is 35.7 Å². The van der Waals surface area contributed by atoms with E-state index >= 15 is 0 Å². The molecule has 172 valence electrons. The highest BCUT2D eigenvalue weighted by Gasteiger charge is 2.18. The smallest absolute Gasteiger partial charge is 0.333 e. The number of ether oxygens (including phenoxy) is 2. The van der Waals surface area contributed by atoms with Crippen LogP contribution in [0.2, 0.25) is 0 Å². The molecule has 1 amide bonds. The van der Waals surface area contributed by atoms with Gasteiger partial charge in [0.25, 0.3) is 5.91 Å². The minimum Gasteiger partial charge on any atom is -0.484 e. The zero-order chi connectivity index (χ0) is 23.5. The molecule has 0 aliphatic carbocycles. The Balaban J connectivity index is 1.61. The molecule has 0 spiro atoms. The van der Waals surface area contributed by atoms with Crippen LogP contribution in [0.15, 0.2) is 84.9 Å². The van der Waals surface area contributed by atoms with E-state index in [2.05, 4.69) is 0 Å². The molecule has 3 aromatic carbocycles. The summed E-state index contributed by atoms with van der Waals surface area (Å²) in [7, 11) is 0. The second-order valence-corrected chi connectivity index (χ2v) is 7.64. The van der Waals surface area contributed by atoms with E-state index in [9.17, 15) is 14.7 Å². The lowest BCUT2D eigenvalue weighted by atomic mass is 10.1. The van der Waals surface area contributed by atoms with Crippen LogP contribution in [0.1, 0.15) is 23.6 Å². The third-order valence-electron chi connectivity index (χ3n) is 5.14. The molecule has 0 heterocycles. The number of carbonyl (C=O) groups excluding carboxylic acids is 1. The van der Waals surface area contributed by atoms with Gasteiger partial charge in [-0.1, -0.05) is 72.8 Å². The van der Waals surface area contributed by atoms with Crippen LogP contribution in [-0.2, 0) is 33.8 Å². The first kappa shape index (κ1) is 24.0. The largest absolute Gasteiger partial charge is 0.484 e. The van der Waals surface area contributed by atoms with Crippen molar-refractivity contribution in [3.8, 4) is 5.75 Å². The lowest BCUT2D eigenvalue weighted by molar-refractivity contribution is -0.150. The Kier molecular flexibility index (Phi) is 9.03. The normalized spacial score (nSPS) is 11.5. The highest BCUT2D eigenvalue weighted by atomic mass is 16.5. The molecule has 0 fully saturated rings. The second kappa shape index (κ2) is 12.4. The Bertz CT molecular complexity index is 964. The van der Waals surface area contributed by atoms with Crippen LogP contribution in [0.3, 0.4) is 0 Å². The average Bonchev–Trinajstić information content (AvgIpc) is 2.84. The van der Waals surface area contributed by atoms with Gasteiger partial charge in [0.05, 0.1) is 0 Å². The highest BCUT2D eigenvalue weighted by Crippen LogP contribution is 2.16. The van der Waals surface area contributed by atoms with Crippen molar-refractivity contribution in [2.24, 2.45) is 0 Å². The quantitative estimate of drug-likeness (QED) is 0.447. The van der Waals surface area contributed by atoms with Crippen molar-refractivity contribution in [3.63, 3.8) is 0 Å². The molecule has 6 heteroatoms. The number of carboxylic acids is 1. The van der Waals surface area contributed by atoms with Gasteiger partial charge in [0.2, 0.25) is 0 Å². The Labute approximate surface area is 194 Å². The molecule has 6 nitrogen and oxygen atoms in total. The number of carboxylic acid groups (broad SMARTS) is 1. The van der Waals surface area contributed by atoms with Crippen LogP contribution in [0.25, 0.3) is 0 Å². The zero-order valence-corrected chi connectivity index (χ0v) is 18.7. The average molecular weight is 448 g/mol. The summed E-state index contributed by atoms with van der Waals surface area (Å²) in [6.07, 6.45) is -0.613. The minimum atomic E-state index is -0.986. The SMILES string of the molecule is CCO[C@@H](Cc1ccc(OCC(=O)N(Cc2ccccc2)Cc2ccccc2)cc1)C(=O)O. The van der Waals surface area contributed by atoms with Gasteiger partial charge in [0, 0.05) is 26.1 Å². The van der Waals surface area contributed by atoms with Crippen molar-refractivity contribution in [2.75, 3.05) is 13.2 Å². The van der Waals surface area contributed by atoms with Gasteiger partial charge in [-0.3, -0.25) is 4.79 Å². The summed E-state index contributed by atoms with van der Waals surface area (Å²) in [5, 5.41) is 9.24. The maximum absolute atomic E-state index is 13.0. The lowest BCUT2D eigenvalue weighted by Crippen LogP contribution is -2.34. The van der Waals surface area contributed by atoms with Crippen LogP contribution in [-0.4, -0.2) is 41.2 Å². The first-order valence-electron chi connectivity index (χ1n) is 11.0. The minimum absolute atomic E-state index is 0.0876. The molecule has 0 radical (unpaired) electrons. The number of amides is 1. The summed E-state index contributed by atoms with van der Waals surface area (Å²) in [5.41, 5.74) is 2.92. The molecule has 0 saturated heterocycles. The molecule has 0 saturated carbocycles. The fraction of sp³-hybridized carbons (Fsp3) is 0.259. The third-order valence-corrected chi connectivity index (χ3v) is 5.14. The van der Waals surface area contributed by atoms with Crippen LogP contribution in [0, 0.1) is 0 Å². The number of nitrogens with zero attached hydrogens (tertiary/aromatic N) is 1. The molecular weight excluding hydrogens is 418 g/mol. The molecule has 3 rings (SSSR count). The summed E-state index contributed by atoms with van der Waals surface area (Å²) in [4.78, 5) is 26.1. The van der Waals surface area contributed by atoms with Gasteiger partial charge in [-0.25, -0.2) is 4.79 Å². The molecule has 0 bridgehead atoms. The van der Waals surface area contributed by atoms with E-state index in [0.29, 0.717) is 25.4 Å². The van der Waals surface area contributed by atoms with E-state index in [1.807, 2.05) is 60.7 Å².